The molecule has 0 bridgehead atoms. The molecule has 2 aliphatic heterocycles. The van der Waals surface area contributed by atoms with Crippen molar-refractivity contribution in [1.29, 1.82) is 0 Å². The molecule has 57 heavy (non-hydrogen) atoms. The van der Waals surface area contributed by atoms with E-state index in [1.807, 2.05) is 54.8 Å². The van der Waals surface area contributed by atoms with Gasteiger partial charge < -0.3 is 10.1 Å². The van der Waals surface area contributed by atoms with Gasteiger partial charge in [-0.3, -0.25) is 0 Å². The molecular weight excluding hydrogens is 693 g/mol. The molecule has 7 aromatic carbocycles. The van der Waals surface area contributed by atoms with E-state index in [1.165, 1.54) is 11.1 Å². The van der Waals surface area contributed by atoms with Crippen LogP contribution in [0.3, 0.4) is 0 Å². The number of hydrogen-bond acceptors (Lipinski definition) is 3. The number of aliphatic imine (C=N–C) groups is 1. The van der Waals surface area contributed by atoms with Crippen molar-refractivity contribution < 1.29 is 4.74 Å². The van der Waals surface area contributed by atoms with Gasteiger partial charge in [-0.1, -0.05) is 170 Å². The van der Waals surface area contributed by atoms with Gasteiger partial charge in [0.15, 0.2) is 5.76 Å². The Bertz CT molecular complexity index is 2800. The third-order valence-electron chi connectivity index (χ3n) is 10.5. The third kappa shape index (κ3) is 7.23. The average Bonchev–Trinajstić information content (AvgIpc) is 3.61. The number of benzene rings is 7. The second kappa shape index (κ2) is 15.7. The predicted octanol–water partition coefficient (Wildman–Crippen LogP) is 14.1. The number of para-hydroxylation sites is 1. The minimum absolute atomic E-state index is 0.681. The van der Waals surface area contributed by atoms with Gasteiger partial charge >= 0.3 is 0 Å². The molecule has 0 saturated carbocycles. The van der Waals surface area contributed by atoms with Crippen molar-refractivity contribution in [1.82, 2.24) is 0 Å². The summed E-state index contributed by atoms with van der Waals surface area (Å²) in [5, 5.41) is 3.51. The highest BCUT2D eigenvalue weighted by Crippen LogP contribution is 2.43. The Morgan fingerprint density at radius 3 is 2.04 bits per heavy atom. The lowest BCUT2D eigenvalue weighted by Crippen LogP contribution is -2.04. The number of ether oxygens (including phenoxy) is 1. The van der Waals surface area contributed by atoms with E-state index in [0.29, 0.717) is 5.70 Å². The highest BCUT2D eigenvalue weighted by atomic mass is 16.5. The molecule has 1 N–H and O–H groups in total. The van der Waals surface area contributed by atoms with Crippen molar-refractivity contribution in [2.45, 2.75) is 6.92 Å². The van der Waals surface area contributed by atoms with Crippen LogP contribution in [0.1, 0.15) is 29.2 Å². The van der Waals surface area contributed by atoms with E-state index >= 15 is 0 Å². The molecule has 0 aliphatic carbocycles. The lowest BCUT2D eigenvalue weighted by Gasteiger charge is -2.18. The number of allylic oxidation sites excluding steroid dienone is 6. The van der Waals surface area contributed by atoms with E-state index < -0.39 is 0 Å². The van der Waals surface area contributed by atoms with Crippen LogP contribution in [-0.2, 0) is 0 Å². The maximum Gasteiger partial charge on any atom is 0.157 e. The zero-order valence-corrected chi connectivity index (χ0v) is 31.7. The van der Waals surface area contributed by atoms with Crippen LogP contribution in [0.15, 0.2) is 218 Å². The van der Waals surface area contributed by atoms with Gasteiger partial charge in [-0.25, -0.2) is 4.99 Å². The predicted molar refractivity (Wildman–Crippen MR) is 241 cm³/mol. The van der Waals surface area contributed by atoms with Crippen molar-refractivity contribution in [2.24, 2.45) is 4.99 Å². The molecule has 2 aliphatic rings. The molecule has 3 heteroatoms. The quantitative estimate of drug-likeness (QED) is 0.185. The maximum atomic E-state index is 6.85. The molecule has 0 aromatic heterocycles. The second-order valence-corrected chi connectivity index (χ2v) is 14.1. The average molecular weight is 733 g/mol. The van der Waals surface area contributed by atoms with Crippen LogP contribution >= 0.6 is 0 Å². The molecule has 2 heterocycles. The van der Waals surface area contributed by atoms with Gasteiger partial charge in [0.1, 0.15) is 11.5 Å². The fraction of sp³-hybridized carbons (Fsp3) is 0.0185. The second-order valence-electron chi connectivity index (χ2n) is 14.1. The fourth-order valence-corrected chi connectivity index (χ4v) is 7.58. The van der Waals surface area contributed by atoms with Crippen LogP contribution < -0.4 is 10.1 Å². The SMILES string of the molecule is C=C(N=C1/C(=C(\C)c2cccc(-c3ccccc3)c2)Oc2cc(-c3cccc(-c4cccc5c4-c4ccccc4N/C=C/C=C\C=C/5)c3)ccc21)c1ccccc1. The molecule has 9 rings (SSSR count). The van der Waals surface area contributed by atoms with Crippen molar-refractivity contribution in [3.63, 3.8) is 0 Å². The molecule has 0 spiro atoms. The largest absolute Gasteiger partial charge is 0.454 e. The summed E-state index contributed by atoms with van der Waals surface area (Å²) in [4.78, 5) is 5.16. The van der Waals surface area contributed by atoms with Gasteiger partial charge in [-0.05, 0) is 99.0 Å². The first-order valence-electron chi connectivity index (χ1n) is 19.2. The van der Waals surface area contributed by atoms with E-state index in [9.17, 15) is 0 Å². The van der Waals surface area contributed by atoms with E-state index in [-0.39, 0.29) is 0 Å². The number of anilines is 1. The number of rotatable bonds is 6. The first kappa shape index (κ1) is 35.2. The lowest BCUT2D eigenvalue weighted by atomic mass is 9.88. The van der Waals surface area contributed by atoms with Crippen LogP contribution in [0.25, 0.3) is 61.9 Å². The Kier molecular flexibility index (Phi) is 9.70. The van der Waals surface area contributed by atoms with Crippen molar-refractivity contribution in [3.8, 4) is 50.3 Å². The monoisotopic (exact) mass is 732 g/mol. The summed E-state index contributed by atoms with van der Waals surface area (Å²) >= 11 is 0. The Morgan fingerprint density at radius 2 is 1.18 bits per heavy atom. The van der Waals surface area contributed by atoms with E-state index in [2.05, 4.69) is 171 Å². The Labute approximate surface area is 334 Å². The summed E-state index contributed by atoms with van der Waals surface area (Å²) in [6.07, 6.45) is 12.4. The van der Waals surface area contributed by atoms with Gasteiger partial charge in [0.25, 0.3) is 0 Å². The van der Waals surface area contributed by atoms with Crippen LogP contribution in [0.5, 0.6) is 5.75 Å². The zero-order chi connectivity index (χ0) is 38.6. The van der Waals surface area contributed by atoms with Crippen LogP contribution in [0.2, 0.25) is 0 Å². The standard InChI is InChI=1S/C54H40N2O/c1-37(42-24-15-25-43(34-42)40-20-10-6-11-21-40)54-53(56-38(2)39-18-8-5-9-19-39)49-32-31-45(36-51(49)57-54)44-26-16-27-46(35-44)47-29-17-23-41-22-7-3-4-14-33-55-50-30-13-12-28-48(50)52(41)47/h3-36,55H,2H2,1H3/b4-3-,22-7-,33-14+,54-37-,56-53?. The Balaban J connectivity index is 1.13. The third-order valence-corrected chi connectivity index (χ3v) is 10.5. The Hall–Kier alpha value is -7.49. The van der Waals surface area contributed by atoms with Gasteiger partial charge in [0.2, 0.25) is 0 Å². The lowest BCUT2D eigenvalue weighted by molar-refractivity contribution is 0.471. The molecule has 7 aromatic rings. The molecule has 0 radical (unpaired) electrons. The smallest absolute Gasteiger partial charge is 0.157 e. The number of hydrogen-bond donors (Lipinski definition) is 1. The van der Waals surface area contributed by atoms with Gasteiger partial charge in [0, 0.05) is 28.6 Å². The molecule has 0 amide bonds. The normalized spacial score (nSPS) is 16.1. The summed E-state index contributed by atoms with van der Waals surface area (Å²) in [7, 11) is 0. The zero-order valence-electron chi connectivity index (χ0n) is 31.7. The molecule has 0 fully saturated rings. The minimum atomic E-state index is 0.681. The van der Waals surface area contributed by atoms with Crippen molar-refractivity contribution in [2.75, 3.05) is 5.32 Å². The molecule has 3 nitrogen and oxygen atoms in total. The number of fused-ring (bicyclic) bond motifs is 4. The highest BCUT2D eigenvalue weighted by Gasteiger charge is 2.29. The molecular formula is C54H40N2O. The summed E-state index contributed by atoms with van der Waals surface area (Å²) in [5.41, 5.74) is 16.7. The van der Waals surface area contributed by atoms with Gasteiger partial charge in [0.05, 0.1) is 5.70 Å². The van der Waals surface area contributed by atoms with Crippen molar-refractivity contribution in [3.05, 3.63) is 235 Å². The van der Waals surface area contributed by atoms with E-state index in [1.54, 1.807) is 0 Å². The number of nitrogens with one attached hydrogen (secondary N) is 1. The van der Waals surface area contributed by atoms with Gasteiger partial charge in [-0.2, -0.15) is 0 Å². The van der Waals surface area contributed by atoms with Crippen LogP contribution in [0, 0.1) is 0 Å². The minimum Gasteiger partial charge on any atom is -0.454 e. The summed E-state index contributed by atoms with van der Waals surface area (Å²) in [6.45, 7) is 6.49. The van der Waals surface area contributed by atoms with E-state index in [4.69, 9.17) is 9.73 Å². The highest BCUT2D eigenvalue weighted by molar-refractivity contribution is 6.21. The summed E-state index contributed by atoms with van der Waals surface area (Å²) in [6, 6.07) is 59.4. The van der Waals surface area contributed by atoms with Crippen LogP contribution in [-0.4, -0.2) is 5.71 Å². The first-order chi connectivity index (χ1) is 28.1. The maximum absolute atomic E-state index is 6.85. The molecule has 0 saturated heterocycles. The van der Waals surface area contributed by atoms with Crippen molar-refractivity contribution >= 4 is 28.7 Å². The molecule has 272 valence electrons. The molecule has 0 unspecified atom stereocenters. The molecule has 0 atom stereocenters. The van der Waals surface area contributed by atoms with Gasteiger partial charge in [-0.15, -0.1) is 0 Å². The first-order valence-corrected chi connectivity index (χ1v) is 19.2. The fourth-order valence-electron chi connectivity index (χ4n) is 7.58. The Morgan fingerprint density at radius 1 is 0.526 bits per heavy atom. The summed E-state index contributed by atoms with van der Waals surface area (Å²) < 4.78 is 6.85. The summed E-state index contributed by atoms with van der Waals surface area (Å²) in [5.74, 6) is 1.50. The van der Waals surface area contributed by atoms with E-state index in [0.717, 1.165) is 84.1 Å². The number of nitrogens with zero attached hydrogens (tertiary/aromatic N) is 1. The van der Waals surface area contributed by atoms with Crippen LogP contribution in [0.4, 0.5) is 5.69 Å². The topological polar surface area (TPSA) is 33.6 Å².